The van der Waals surface area contributed by atoms with Gasteiger partial charge in [-0.3, -0.25) is 0 Å². The Balaban J connectivity index is 2.34. The van der Waals surface area contributed by atoms with Gasteiger partial charge in [0, 0.05) is 25.8 Å². The molecule has 0 aromatic carbocycles. The highest BCUT2D eigenvalue weighted by molar-refractivity contribution is 5.68. The average Bonchev–Trinajstić information content (AvgIpc) is 2.51. The highest BCUT2D eigenvalue weighted by atomic mass is 16.6. The molecule has 20 heavy (non-hydrogen) atoms. The van der Waals surface area contributed by atoms with E-state index in [0.717, 1.165) is 39.0 Å². The Bertz CT molecular complexity index is 303. The minimum atomic E-state index is -0.466. The molecule has 5 nitrogen and oxygen atoms in total. The summed E-state index contributed by atoms with van der Waals surface area (Å²) in [5.74, 6) is 0. The van der Waals surface area contributed by atoms with Gasteiger partial charge >= 0.3 is 6.09 Å². The van der Waals surface area contributed by atoms with Crippen LogP contribution in [0.3, 0.4) is 0 Å². The van der Waals surface area contributed by atoms with Gasteiger partial charge in [0.25, 0.3) is 0 Å². The van der Waals surface area contributed by atoms with Crippen molar-refractivity contribution >= 4 is 6.09 Å². The molecule has 0 radical (unpaired) electrons. The number of amides is 1. The number of carbonyl (C=O) groups excluding carboxylic acids is 1. The maximum Gasteiger partial charge on any atom is 0.408 e. The smallest absolute Gasteiger partial charge is 0.408 e. The van der Waals surface area contributed by atoms with Crippen molar-refractivity contribution in [1.82, 2.24) is 10.6 Å². The van der Waals surface area contributed by atoms with Crippen LogP contribution < -0.4 is 10.6 Å². The number of alkyl carbamates (subject to hydrolysis) is 1. The van der Waals surface area contributed by atoms with E-state index in [1.54, 1.807) is 0 Å². The molecule has 1 atom stereocenters. The van der Waals surface area contributed by atoms with Crippen molar-refractivity contribution in [3.8, 4) is 0 Å². The summed E-state index contributed by atoms with van der Waals surface area (Å²) in [6.07, 6.45) is 2.89. The van der Waals surface area contributed by atoms with Crippen molar-refractivity contribution < 1.29 is 14.3 Å². The summed E-state index contributed by atoms with van der Waals surface area (Å²) in [7, 11) is 0. The fourth-order valence-corrected chi connectivity index (χ4v) is 2.13. The van der Waals surface area contributed by atoms with Gasteiger partial charge in [-0.2, -0.15) is 0 Å². The van der Waals surface area contributed by atoms with E-state index in [9.17, 15) is 4.79 Å². The zero-order valence-corrected chi connectivity index (χ0v) is 13.5. The van der Waals surface area contributed by atoms with Crippen LogP contribution >= 0.6 is 0 Å². The van der Waals surface area contributed by atoms with E-state index in [0.29, 0.717) is 6.04 Å². The van der Waals surface area contributed by atoms with Gasteiger partial charge in [0.2, 0.25) is 0 Å². The van der Waals surface area contributed by atoms with Crippen molar-refractivity contribution in [2.45, 2.75) is 71.1 Å². The minimum Gasteiger partial charge on any atom is -0.444 e. The fourth-order valence-electron chi connectivity index (χ4n) is 2.13. The zero-order valence-electron chi connectivity index (χ0n) is 13.5. The molecule has 2 N–H and O–H groups in total. The molecule has 1 saturated heterocycles. The maximum absolute atomic E-state index is 11.8. The summed E-state index contributed by atoms with van der Waals surface area (Å²) in [6.45, 7) is 12.0. The lowest BCUT2D eigenvalue weighted by Crippen LogP contribution is -2.53. The fraction of sp³-hybridized carbons (Fsp3) is 0.933. The Morgan fingerprint density at radius 2 is 1.90 bits per heavy atom. The molecular formula is C15H30N2O3. The monoisotopic (exact) mass is 286 g/mol. The van der Waals surface area contributed by atoms with E-state index in [4.69, 9.17) is 9.47 Å². The molecule has 0 aliphatic carbocycles. The molecule has 0 spiro atoms. The van der Waals surface area contributed by atoms with Gasteiger partial charge in [0.1, 0.15) is 5.60 Å². The van der Waals surface area contributed by atoms with Crippen LogP contribution in [0.1, 0.15) is 53.9 Å². The Hall–Kier alpha value is -0.810. The maximum atomic E-state index is 11.8. The molecule has 1 heterocycles. The van der Waals surface area contributed by atoms with Gasteiger partial charge in [-0.1, -0.05) is 0 Å². The predicted molar refractivity (Wildman–Crippen MR) is 79.9 cm³/mol. The minimum absolute atomic E-state index is 0.338. The number of hydrogen-bond acceptors (Lipinski definition) is 4. The molecule has 5 heteroatoms. The van der Waals surface area contributed by atoms with Gasteiger partial charge in [-0.05, 0) is 53.9 Å². The summed E-state index contributed by atoms with van der Waals surface area (Å²) in [5.41, 5.74) is -0.804. The standard InChI is InChI=1S/C15H30N2O3/c1-14(2,3)20-13(18)17-15(4,5)11-16-12-7-6-9-19-10-8-12/h12,16H,6-11H2,1-5H3,(H,17,18). The van der Waals surface area contributed by atoms with Crippen molar-refractivity contribution in [3.63, 3.8) is 0 Å². The Morgan fingerprint density at radius 1 is 1.20 bits per heavy atom. The highest BCUT2D eigenvalue weighted by Crippen LogP contribution is 2.11. The third-order valence-corrected chi connectivity index (χ3v) is 3.12. The second kappa shape index (κ2) is 7.27. The lowest BCUT2D eigenvalue weighted by molar-refractivity contribution is 0.0470. The van der Waals surface area contributed by atoms with Crippen LogP contribution in [0.15, 0.2) is 0 Å². The zero-order chi connectivity index (χ0) is 15.2. The second-order valence-electron chi connectivity index (χ2n) is 7.13. The van der Waals surface area contributed by atoms with Gasteiger partial charge < -0.3 is 20.1 Å². The highest BCUT2D eigenvalue weighted by Gasteiger charge is 2.25. The van der Waals surface area contributed by atoms with Gasteiger partial charge in [0.05, 0.1) is 5.54 Å². The molecule has 0 aromatic heterocycles. The second-order valence-corrected chi connectivity index (χ2v) is 7.13. The first-order valence-corrected chi connectivity index (χ1v) is 7.50. The van der Waals surface area contributed by atoms with Crippen LogP contribution in [-0.2, 0) is 9.47 Å². The van der Waals surface area contributed by atoms with E-state index in [1.165, 1.54) is 0 Å². The third kappa shape index (κ3) is 7.70. The molecule has 1 aliphatic heterocycles. The quantitative estimate of drug-likeness (QED) is 0.833. The molecule has 0 bridgehead atoms. The lowest BCUT2D eigenvalue weighted by Gasteiger charge is -2.30. The van der Waals surface area contributed by atoms with Crippen LogP contribution in [-0.4, -0.2) is 43.0 Å². The summed E-state index contributed by atoms with van der Waals surface area (Å²) in [5, 5.41) is 6.43. The molecule has 1 rings (SSSR count). The number of nitrogens with one attached hydrogen (secondary N) is 2. The van der Waals surface area contributed by atoms with Crippen LogP contribution in [0.5, 0.6) is 0 Å². The first-order chi connectivity index (χ1) is 9.18. The predicted octanol–water partition coefficient (Wildman–Crippen LogP) is 2.45. The van der Waals surface area contributed by atoms with Crippen LogP contribution in [0.25, 0.3) is 0 Å². The first kappa shape index (κ1) is 17.2. The van der Waals surface area contributed by atoms with E-state index >= 15 is 0 Å². The van der Waals surface area contributed by atoms with Gasteiger partial charge in [-0.25, -0.2) is 4.79 Å². The molecule has 1 aliphatic rings. The molecule has 1 fully saturated rings. The summed E-state index contributed by atoms with van der Waals surface area (Å²) < 4.78 is 10.7. The van der Waals surface area contributed by atoms with Crippen LogP contribution in [0, 0.1) is 0 Å². The number of rotatable bonds is 4. The van der Waals surface area contributed by atoms with Crippen molar-refractivity contribution in [3.05, 3.63) is 0 Å². The molecular weight excluding hydrogens is 256 g/mol. The van der Waals surface area contributed by atoms with Crippen molar-refractivity contribution in [1.29, 1.82) is 0 Å². The molecule has 0 aromatic rings. The molecule has 118 valence electrons. The lowest BCUT2D eigenvalue weighted by atomic mass is 10.0. The van der Waals surface area contributed by atoms with E-state index in [2.05, 4.69) is 10.6 Å². The molecule has 1 unspecified atom stereocenters. The summed E-state index contributed by atoms with van der Waals surface area (Å²) in [4.78, 5) is 11.8. The first-order valence-electron chi connectivity index (χ1n) is 7.50. The number of ether oxygens (including phenoxy) is 2. The topological polar surface area (TPSA) is 59.6 Å². The largest absolute Gasteiger partial charge is 0.444 e. The van der Waals surface area contributed by atoms with Gasteiger partial charge in [0.15, 0.2) is 0 Å². The normalized spacial score (nSPS) is 21.1. The van der Waals surface area contributed by atoms with Crippen LogP contribution in [0.2, 0.25) is 0 Å². The Morgan fingerprint density at radius 3 is 2.55 bits per heavy atom. The number of carbonyl (C=O) groups is 1. The van der Waals surface area contributed by atoms with E-state index < -0.39 is 5.60 Å². The Kier molecular flexibility index (Phi) is 6.27. The van der Waals surface area contributed by atoms with Crippen molar-refractivity contribution in [2.75, 3.05) is 19.8 Å². The molecule has 0 saturated carbocycles. The average molecular weight is 286 g/mol. The summed E-state index contributed by atoms with van der Waals surface area (Å²) >= 11 is 0. The molecule has 1 amide bonds. The van der Waals surface area contributed by atoms with Crippen molar-refractivity contribution in [2.24, 2.45) is 0 Å². The van der Waals surface area contributed by atoms with Crippen LogP contribution in [0.4, 0.5) is 4.79 Å². The number of hydrogen-bond donors (Lipinski definition) is 2. The van der Waals surface area contributed by atoms with E-state index in [1.807, 2.05) is 34.6 Å². The summed E-state index contributed by atoms with van der Waals surface area (Å²) in [6, 6.07) is 0.470. The van der Waals surface area contributed by atoms with E-state index in [-0.39, 0.29) is 11.6 Å². The Labute approximate surface area is 122 Å². The third-order valence-electron chi connectivity index (χ3n) is 3.12. The van der Waals surface area contributed by atoms with Gasteiger partial charge in [-0.15, -0.1) is 0 Å². The SMILES string of the molecule is CC(C)(CNC1CCCOCC1)NC(=O)OC(C)(C)C.